The molecule has 1 N–H and O–H groups in total. The number of aromatic nitrogens is 1. The van der Waals surface area contributed by atoms with Crippen LogP contribution in [0.1, 0.15) is 31.9 Å². The van der Waals surface area contributed by atoms with Gasteiger partial charge in [0.2, 0.25) is 0 Å². The van der Waals surface area contributed by atoms with Gasteiger partial charge in [-0.15, -0.1) is 0 Å². The van der Waals surface area contributed by atoms with E-state index in [0.29, 0.717) is 23.1 Å². The molecule has 0 aliphatic carbocycles. The molecule has 1 amide bonds. The number of rotatable bonds is 4. The second kappa shape index (κ2) is 7.75. The Morgan fingerprint density at radius 3 is 2.50 bits per heavy atom. The summed E-state index contributed by atoms with van der Waals surface area (Å²) in [4.78, 5) is 15.9. The highest BCUT2D eigenvalue weighted by Crippen LogP contribution is 2.18. The quantitative estimate of drug-likeness (QED) is 0.782. The Morgan fingerprint density at radius 2 is 1.88 bits per heavy atom. The van der Waals surface area contributed by atoms with E-state index in [4.69, 9.17) is 4.74 Å². The zero-order chi connectivity index (χ0) is 17.7. The Balaban J connectivity index is 1.97. The predicted molar refractivity (Wildman–Crippen MR) is 95.6 cm³/mol. The van der Waals surface area contributed by atoms with E-state index in [1.165, 1.54) is 6.07 Å². The third-order valence-corrected chi connectivity index (χ3v) is 3.78. The number of aryl methyl sites for hydroxylation is 2. The number of carbonyl (C=O) groups excluding carboxylic acids is 1. The molecule has 24 heavy (non-hydrogen) atoms. The van der Waals surface area contributed by atoms with Crippen LogP contribution >= 0.6 is 15.9 Å². The van der Waals surface area contributed by atoms with Gasteiger partial charge in [-0.3, -0.25) is 5.32 Å². The smallest absolute Gasteiger partial charge is 0.413 e. The standard InChI is InChI=1S/C18H20BrFN2O2/c1-18(2,3)24-17(23)22-16-11-13(8-9-21-16)5-4-12-6-7-14(19)15(20)10-12/h6-11H,4-5H2,1-3H3,(H,21,22,23). The molecule has 0 radical (unpaired) electrons. The molecule has 0 bridgehead atoms. The van der Waals surface area contributed by atoms with E-state index in [1.54, 1.807) is 39.1 Å². The first-order valence-electron chi connectivity index (χ1n) is 7.62. The van der Waals surface area contributed by atoms with Gasteiger partial charge in [0.1, 0.15) is 17.2 Å². The van der Waals surface area contributed by atoms with Crippen molar-refractivity contribution in [3.63, 3.8) is 0 Å². The van der Waals surface area contributed by atoms with Crippen molar-refractivity contribution in [2.75, 3.05) is 5.32 Å². The van der Waals surface area contributed by atoms with Crippen LogP contribution in [0.2, 0.25) is 0 Å². The van der Waals surface area contributed by atoms with Gasteiger partial charge in [-0.25, -0.2) is 14.2 Å². The van der Waals surface area contributed by atoms with Crippen LogP contribution in [0.3, 0.4) is 0 Å². The topological polar surface area (TPSA) is 51.2 Å². The normalized spacial score (nSPS) is 11.2. The van der Waals surface area contributed by atoms with E-state index in [1.807, 2.05) is 12.1 Å². The highest BCUT2D eigenvalue weighted by Gasteiger charge is 2.16. The number of amides is 1. The van der Waals surface area contributed by atoms with Crippen molar-refractivity contribution in [1.29, 1.82) is 0 Å². The molecular formula is C18H20BrFN2O2. The van der Waals surface area contributed by atoms with Gasteiger partial charge in [-0.1, -0.05) is 6.07 Å². The van der Waals surface area contributed by atoms with Gasteiger partial charge in [-0.2, -0.15) is 0 Å². The lowest BCUT2D eigenvalue weighted by Gasteiger charge is -2.19. The summed E-state index contributed by atoms with van der Waals surface area (Å²) < 4.78 is 19.2. The number of hydrogen-bond donors (Lipinski definition) is 1. The number of carbonyl (C=O) groups is 1. The summed E-state index contributed by atoms with van der Waals surface area (Å²) in [6, 6.07) is 8.76. The summed E-state index contributed by atoms with van der Waals surface area (Å²) in [5.41, 5.74) is 1.35. The Labute approximate surface area is 149 Å². The molecule has 2 rings (SSSR count). The maximum atomic E-state index is 13.5. The fraction of sp³-hybridized carbons (Fsp3) is 0.333. The maximum Gasteiger partial charge on any atom is 0.413 e. The van der Waals surface area contributed by atoms with Crippen LogP contribution in [0.25, 0.3) is 0 Å². The molecule has 1 aromatic carbocycles. The van der Waals surface area contributed by atoms with Gasteiger partial charge in [0, 0.05) is 6.20 Å². The molecule has 4 nitrogen and oxygen atoms in total. The number of nitrogens with zero attached hydrogens (tertiary/aromatic N) is 1. The first-order valence-corrected chi connectivity index (χ1v) is 8.41. The molecule has 0 unspecified atom stereocenters. The van der Waals surface area contributed by atoms with Gasteiger partial charge in [0.25, 0.3) is 0 Å². The largest absolute Gasteiger partial charge is 0.444 e. The van der Waals surface area contributed by atoms with Crippen molar-refractivity contribution in [1.82, 2.24) is 4.98 Å². The minimum atomic E-state index is -0.562. The van der Waals surface area contributed by atoms with E-state index in [-0.39, 0.29) is 5.82 Å². The van der Waals surface area contributed by atoms with Crippen molar-refractivity contribution in [2.45, 2.75) is 39.2 Å². The zero-order valence-electron chi connectivity index (χ0n) is 13.9. The van der Waals surface area contributed by atoms with Crippen LogP contribution in [0.4, 0.5) is 15.0 Å². The molecule has 128 valence electrons. The monoisotopic (exact) mass is 394 g/mol. The molecule has 0 saturated carbocycles. The molecule has 6 heteroatoms. The fourth-order valence-corrected chi connectivity index (χ4v) is 2.34. The lowest BCUT2D eigenvalue weighted by atomic mass is 10.1. The van der Waals surface area contributed by atoms with E-state index in [0.717, 1.165) is 11.1 Å². The zero-order valence-corrected chi connectivity index (χ0v) is 15.5. The van der Waals surface area contributed by atoms with Crippen molar-refractivity contribution in [3.05, 3.63) is 57.9 Å². The third-order valence-electron chi connectivity index (χ3n) is 3.14. The Morgan fingerprint density at radius 1 is 1.21 bits per heavy atom. The van der Waals surface area contributed by atoms with Gasteiger partial charge >= 0.3 is 6.09 Å². The number of anilines is 1. The lowest BCUT2D eigenvalue weighted by Crippen LogP contribution is -2.27. The van der Waals surface area contributed by atoms with Gasteiger partial charge < -0.3 is 4.74 Å². The molecule has 0 spiro atoms. The Hall–Kier alpha value is -1.95. The summed E-state index contributed by atoms with van der Waals surface area (Å²) in [5.74, 6) is 0.165. The Kier molecular flexibility index (Phi) is 5.94. The average Bonchev–Trinajstić information content (AvgIpc) is 2.47. The van der Waals surface area contributed by atoms with Crippen LogP contribution < -0.4 is 5.32 Å². The SMILES string of the molecule is CC(C)(C)OC(=O)Nc1cc(CCc2ccc(Br)c(F)c2)ccn1. The third kappa shape index (κ3) is 5.92. The molecule has 1 aromatic heterocycles. The maximum absolute atomic E-state index is 13.5. The first-order chi connectivity index (χ1) is 11.2. The van der Waals surface area contributed by atoms with Gasteiger partial charge in [0.05, 0.1) is 4.47 Å². The molecule has 0 saturated heterocycles. The molecule has 0 fully saturated rings. The van der Waals surface area contributed by atoms with Crippen LogP contribution in [0, 0.1) is 5.82 Å². The summed E-state index contributed by atoms with van der Waals surface area (Å²) >= 11 is 3.14. The highest BCUT2D eigenvalue weighted by molar-refractivity contribution is 9.10. The summed E-state index contributed by atoms with van der Waals surface area (Å²) in [6.45, 7) is 5.40. The van der Waals surface area contributed by atoms with Crippen LogP contribution in [0.15, 0.2) is 41.0 Å². The second-order valence-electron chi connectivity index (χ2n) is 6.42. The van der Waals surface area contributed by atoms with Crippen molar-refractivity contribution in [2.24, 2.45) is 0 Å². The minimum Gasteiger partial charge on any atom is -0.444 e. The lowest BCUT2D eigenvalue weighted by molar-refractivity contribution is 0.0635. The highest BCUT2D eigenvalue weighted by atomic mass is 79.9. The molecule has 0 aliphatic rings. The van der Waals surface area contributed by atoms with Crippen LogP contribution in [0.5, 0.6) is 0 Å². The minimum absolute atomic E-state index is 0.269. The number of ether oxygens (including phenoxy) is 1. The van der Waals surface area contributed by atoms with Crippen molar-refractivity contribution < 1.29 is 13.9 Å². The van der Waals surface area contributed by atoms with Crippen molar-refractivity contribution in [3.8, 4) is 0 Å². The number of pyridine rings is 1. The van der Waals surface area contributed by atoms with E-state index < -0.39 is 11.7 Å². The Bertz CT molecular complexity index is 729. The van der Waals surface area contributed by atoms with Crippen LogP contribution in [-0.2, 0) is 17.6 Å². The van der Waals surface area contributed by atoms with Gasteiger partial charge in [-0.05, 0) is 84.9 Å². The molecule has 2 aromatic rings. The predicted octanol–water partition coefficient (Wildman–Crippen LogP) is 5.12. The van der Waals surface area contributed by atoms with E-state index in [2.05, 4.69) is 26.2 Å². The summed E-state index contributed by atoms with van der Waals surface area (Å²) in [5, 5.41) is 2.62. The van der Waals surface area contributed by atoms with E-state index >= 15 is 0 Å². The number of benzene rings is 1. The second-order valence-corrected chi connectivity index (χ2v) is 7.28. The van der Waals surface area contributed by atoms with Crippen molar-refractivity contribution >= 4 is 27.8 Å². The summed E-state index contributed by atoms with van der Waals surface area (Å²) in [7, 11) is 0. The molecule has 0 aliphatic heterocycles. The first kappa shape index (κ1) is 18.4. The molecular weight excluding hydrogens is 375 g/mol. The number of halogens is 2. The summed E-state index contributed by atoms with van der Waals surface area (Å²) in [6.07, 6.45) is 2.50. The molecule has 0 atom stereocenters. The molecule has 1 heterocycles. The average molecular weight is 395 g/mol. The van der Waals surface area contributed by atoms with Gasteiger partial charge in [0.15, 0.2) is 0 Å². The number of nitrogens with one attached hydrogen (secondary N) is 1. The number of hydrogen-bond acceptors (Lipinski definition) is 3. The fourth-order valence-electron chi connectivity index (χ4n) is 2.09. The van der Waals surface area contributed by atoms with E-state index in [9.17, 15) is 9.18 Å². The van der Waals surface area contributed by atoms with Crippen LogP contribution in [-0.4, -0.2) is 16.7 Å².